The predicted octanol–water partition coefficient (Wildman–Crippen LogP) is 3.14. The zero-order valence-corrected chi connectivity index (χ0v) is 12.3. The molecule has 3 rings (SSSR count). The molecule has 21 heavy (non-hydrogen) atoms. The van der Waals surface area contributed by atoms with Crippen LogP contribution in [-0.2, 0) is 11.3 Å². The quantitative estimate of drug-likeness (QED) is 0.811. The summed E-state index contributed by atoms with van der Waals surface area (Å²) in [6, 6.07) is 7.57. The summed E-state index contributed by atoms with van der Waals surface area (Å²) < 4.78 is 7.45. The van der Waals surface area contributed by atoms with Crippen LogP contribution >= 0.6 is 0 Å². The van der Waals surface area contributed by atoms with Gasteiger partial charge in [-0.25, -0.2) is 4.68 Å². The molecule has 1 fully saturated rings. The summed E-state index contributed by atoms with van der Waals surface area (Å²) in [5.41, 5.74) is -0.0300. The molecule has 0 aliphatic heterocycles. The Kier molecular flexibility index (Phi) is 4.65. The van der Waals surface area contributed by atoms with Crippen molar-refractivity contribution in [1.29, 1.82) is 0 Å². The molecule has 1 saturated carbocycles. The minimum atomic E-state index is -0.0300. The Labute approximate surface area is 124 Å². The van der Waals surface area contributed by atoms with Gasteiger partial charge in [-0.15, -0.1) is 0 Å². The van der Waals surface area contributed by atoms with Gasteiger partial charge in [0.25, 0.3) is 5.56 Å². The third kappa shape index (κ3) is 3.50. The van der Waals surface area contributed by atoms with E-state index in [1.807, 2.05) is 24.3 Å². The van der Waals surface area contributed by atoms with Gasteiger partial charge in [0.05, 0.1) is 30.8 Å². The van der Waals surface area contributed by atoms with Gasteiger partial charge in [0, 0.05) is 5.39 Å². The highest BCUT2D eigenvalue weighted by atomic mass is 16.5. The van der Waals surface area contributed by atoms with Gasteiger partial charge in [-0.3, -0.25) is 4.79 Å². The van der Waals surface area contributed by atoms with Crippen molar-refractivity contribution in [1.82, 2.24) is 9.78 Å². The monoisotopic (exact) mass is 286 g/mol. The summed E-state index contributed by atoms with van der Waals surface area (Å²) >= 11 is 0. The Morgan fingerprint density at radius 1 is 1.14 bits per heavy atom. The lowest BCUT2D eigenvalue weighted by molar-refractivity contribution is 0.0364. The normalized spacial score (nSPS) is 17.0. The van der Waals surface area contributed by atoms with E-state index in [-0.39, 0.29) is 5.56 Å². The van der Waals surface area contributed by atoms with Crippen molar-refractivity contribution in [2.24, 2.45) is 0 Å². The van der Waals surface area contributed by atoms with E-state index >= 15 is 0 Å². The number of nitrogens with zero attached hydrogens (tertiary/aromatic N) is 2. The van der Waals surface area contributed by atoms with Crippen molar-refractivity contribution in [3.05, 3.63) is 40.8 Å². The number of rotatable bonds is 4. The van der Waals surface area contributed by atoms with Crippen molar-refractivity contribution < 1.29 is 4.74 Å². The van der Waals surface area contributed by atoms with E-state index in [9.17, 15) is 4.79 Å². The van der Waals surface area contributed by atoms with Crippen LogP contribution in [-0.4, -0.2) is 22.5 Å². The fourth-order valence-electron chi connectivity index (χ4n) is 3.00. The van der Waals surface area contributed by atoms with Crippen LogP contribution in [0.2, 0.25) is 0 Å². The highest BCUT2D eigenvalue weighted by Crippen LogP contribution is 2.19. The van der Waals surface area contributed by atoms with Crippen molar-refractivity contribution in [3.63, 3.8) is 0 Å². The molecular weight excluding hydrogens is 264 g/mol. The molecule has 4 heteroatoms. The molecule has 0 radical (unpaired) electrons. The van der Waals surface area contributed by atoms with Crippen LogP contribution in [0.3, 0.4) is 0 Å². The van der Waals surface area contributed by atoms with E-state index < -0.39 is 0 Å². The van der Waals surface area contributed by atoms with Crippen molar-refractivity contribution in [3.8, 4) is 0 Å². The van der Waals surface area contributed by atoms with Gasteiger partial charge in [-0.05, 0) is 18.9 Å². The standard InChI is InChI=1S/C17H22N2O2/c20-17-16-10-6-5-7-14(16)13-18-19(17)11-12-21-15-8-3-1-2-4-9-15/h5-7,10,13,15H,1-4,8-9,11-12H2. The second-order valence-corrected chi connectivity index (χ2v) is 5.74. The van der Waals surface area contributed by atoms with E-state index in [1.54, 1.807) is 6.20 Å². The van der Waals surface area contributed by atoms with Gasteiger partial charge in [-0.2, -0.15) is 5.10 Å². The zero-order chi connectivity index (χ0) is 14.5. The first-order valence-corrected chi connectivity index (χ1v) is 7.91. The molecule has 0 amide bonds. The molecule has 0 saturated heterocycles. The fourth-order valence-corrected chi connectivity index (χ4v) is 3.00. The first kappa shape index (κ1) is 14.3. The Balaban J connectivity index is 1.62. The summed E-state index contributed by atoms with van der Waals surface area (Å²) in [5, 5.41) is 5.85. The minimum absolute atomic E-state index is 0.0300. The minimum Gasteiger partial charge on any atom is -0.376 e. The average molecular weight is 286 g/mol. The van der Waals surface area contributed by atoms with Crippen LogP contribution in [0, 0.1) is 0 Å². The first-order valence-electron chi connectivity index (χ1n) is 7.91. The van der Waals surface area contributed by atoms with Crippen molar-refractivity contribution in [2.45, 2.75) is 51.2 Å². The van der Waals surface area contributed by atoms with Gasteiger partial charge in [0.1, 0.15) is 0 Å². The topological polar surface area (TPSA) is 44.1 Å². The largest absolute Gasteiger partial charge is 0.376 e. The molecule has 0 unspecified atom stereocenters. The highest BCUT2D eigenvalue weighted by Gasteiger charge is 2.12. The van der Waals surface area contributed by atoms with Crippen molar-refractivity contribution >= 4 is 10.8 Å². The second kappa shape index (κ2) is 6.85. The van der Waals surface area contributed by atoms with E-state index in [0.717, 1.165) is 23.6 Å². The molecule has 0 bridgehead atoms. The lowest BCUT2D eigenvalue weighted by Crippen LogP contribution is -2.26. The van der Waals surface area contributed by atoms with Crippen LogP contribution in [0.5, 0.6) is 0 Å². The lowest BCUT2D eigenvalue weighted by Gasteiger charge is -2.15. The summed E-state index contributed by atoms with van der Waals surface area (Å²) in [5.74, 6) is 0. The van der Waals surface area contributed by atoms with Crippen LogP contribution in [0.25, 0.3) is 10.8 Å². The summed E-state index contributed by atoms with van der Waals surface area (Å²) in [6.45, 7) is 1.09. The van der Waals surface area contributed by atoms with E-state index in [4.69, 9.17) is 4.74 Å². The number of hydrogen-bond acceptors (Lipinski definition) is 3. The predicted molar refractivity (Wildman–Crippen MR) is 83.4 cm³/mol. The maximum Gasteiger partial charge on any atom is 0.274 e. The number of ether oxygens (including phenoxy) is 1. The average Bonchev–Trinajstić information content (AvgIpc) is 2.79. The molecule has 0 spiro atoms. The SMILES string of the molecule is O=c1c2ccccc2cnn1CCOC1CCCCCC1. The van der Waals surface area contributed by atoms with Crippen LogP contribution in [0.4, 0.5) is 0 Å². The molecule has 0 N–H and O–H groups in total. The molecule has 1 aliphatic carbocycles. The summed E-state index contributed by atoms with van der Waals surface area (Å²) in [7, 11) is 0. The van der Waals surface area contributed by atoms with Gasteiger partial charge >= 0.3 is 0 Å². The second-order valence-electron chi connectivity index (χ2n) is 5.74. The number of benzene rings is 1. The third-order valence-electron chi connectivity index (χ3n) is 4.22. The maximum atomic E-state index is 12.3. The maximum absolute atomic E-state index is 12.3. The van der Waals surface area contributed by atoms with Crippen LogP contribution < -0.4 is 5.56 Å². The van der Waals surface area contributed by atoms with Crippen LogP contribution in [0.15, 0.2) is 35.3 Å². The third-order valence-corrected chi connectivity index (χ3v) is 4.22. The van der Waals surface area contributed by atoms with Gasteiger partial charge in [-0.1, -0.05) is 43.9 Å². The van der Waals surface area contributed by atoms with E-state index in [0.29, 0.717) is 19.3 Å². The molecular formula is C17H22N2O2. The molecule has 4 nitrogen and oxygen atoms in total. The van der Waals surface area contributed by atoms with Gasteiger partial charge in [0.2, 0.25) is 0 Å². The Morgan fingerprint density at radius 2 is 1.90 bits per heavy atom. The van der Waals surface area contributed by atoms with Gasteiger partial charge in [0.15, 0.2) is 0 Å². The smallest absolute Gasteiger partial charge is 0.274 e. The molecule has 0 atom stereocenters. The lowest BCUT2D eigenvalue weighted by atomic mass is 10.1. The number of aromatic nitrogens is 2. The number of fused-ring (bicyclic) bond motifs is 1. The molecule has 1 aliphatic rings. The molecule has 1 heterocycles. The van der Waals surface area contributed by atoms with Crippen molar-refractivity contribution in [2.75, 3.05) is 6.61 Å². The Bertz CT molecular complexity index is 643. The van der Waals surface area contributed by atoms with Crippen LogP contribution in [0.1, 0.15) is 38.5 Å². The summed E-state index contributed by atoms with van der Waals surface area (Å²) in [6.07, 6.45) is 9.60. The molecule has 1 aromatic heterocycles. The molecule has 112 valence electrons. The van der Waals surface area contributed by atoms with E-state index in [1.165, 1.54) is 30.4 Å². The zero-order valence-electron chi connectivity index (χ0n) is 12.3. The van der Waals surface area contributed by atoms with Gasteiger partial charge < -0.3 is 4.74 Å². The Morgan fingerprint density at radius 3 is 2.71 bits per heavy atom. The number of hydrogen-bond donors (Lipinski definition) is 0. The molecule has 1 aromatic carbocycles. The Hall–Kier alpha value is -1.68. The van der Waals surface area contributed by atoms with E-state index in [2.05, 4.69) is 5.10 Å². The first-order chi connectivity index (χ1) is 10.3. The summed E-state index contributed by atoms with van der Waals surface area (Å²) in [4.78, 5) is 12.3. The molecule has 2 aromatic rings. The highest BCUT2D eigenvalue weighted by molar-refractivity contribution is 5.80. The fraction of sp³-hybridized carbons (Fsp3) is 0.529.